The Labute approximate surface area is 134 Å². The third kappa shape index (κ3) is 2.73. The first-order valence-corrected chi connectivity index (χ1v) is 8.65. The molecule has 0 radical (unpaired) electrons. The molecule has 2 aromatic rings. The lowest BCUT2D eigenvalue weighted by atomic mass is 10.1. The lowest BCUT2D eigenvalue weighted by Crippen LogP contribution is -2.30. The van der Waals surface area contributed by atoms with Gasteiger partial charge >= 0.3 is 0 Å². The van der Waals surface area contributed by atoms with Crippen molar-refractivity contribution in [1.82, 2.24) is 4.31 Å². The lowest BCUT2D eigenvalue weighted by molar-refractivity contribution is -0.384. The summed E-state index contributed by atoms with van der Waals surface area (Å²) in [4.78, 5) is 10.2. The topological polar surface area (TPSA) is 80.5 Å². The minimum absolute atomic E-state index is 0.0648. The van der Waals surface area contributed by atoms with Crippen LogP contribution in [0.3, 0.4) is 0 Å². The van der Waals surface area contributed by atoms with Crippen molar-refractivity contribution in [3.63, 3.8) is 0 Å². The normalized spacial score (nSPS) is 17.2. The number of hydrogen-bond acceptors (Lipinski definition) is 4. The number of benzene rings is 2. The Hall–Kier alpha value is -2.25. The van der Waals surface area contributed by atoms with E-state index in [1.165, 1.54) is 34.1 Å². The fourth-order valence-corrected chi connectivity index (χ4v) is 4.35. The molecule has 1 unspecified atom stereocenters. The van der Waals surface area contributed by atoms with Crippen LogP contribution in [0, 0.1) is 10.1 Å². The van der Waals surface area contributed by atoms with Crippen molar-refractivity contribution in [2.45, 2.75) is 23.8 Å². The molecule has 0 N–H and O–H groups in total. The van der Waals surface area contributed by atoms with Crippen molar-refractivity contribution in [1.29, 1.82) is 0 Å². The molecular weight excluding hydrogens is 316 g/mol. The molecule has 0 amide bonds. The molecule has 0 fully saturated rings. The van der Waals surface area contributed by atoms with Crippen molar-refractivity contribution in [3.8, 4) is 0 Å². The predicted molar refractivity (Wildman–Crippen MR) is 85.5 cm³/mol. The molecule has 0 saturated heterocycles. The highest BCUT2D eigenvalue weighted by Gasteiger charge is 2.33. The molecule has 23 heavy (non-hydrogen) atoms. The van der Waals surface area contributed by atoms with Crippen molar-refractivity contribution < 1.29 is 13.3 Å². The maximum atomic E-state index is 12.8. The van der Waals surface area contributed by atoms with Gasteiger partial charge in [0.1, 0.15) is 0 Å². The van der Waals surface area contributed by atoms with Crippen molar-refractivity contribution in [3.05, 3.63) is 69.8 Å². The Morgan fingerprint density at radius 1 is 1.13 bits per heavy atom. The first-order valence-electron chi connectivity index (χ1n) is 7.21. The molecule has 1 atom stereocenters. The van der Waals surface area contributed by atoms with E-state index < -0.39 is 14.9 Å². The monoisotopic (exact) mass is 332 g/mol. The minimum Gasteiger partial charge on any atom is -0.258 e. The summed E-state index contributed by atoms with van der Waals surface area (Å²) < 4.78 is 26.9. The van der Waals surface area contributed by atoms with Crippen LogP contribution >= 0.6 is 0 Å². The number of hydrogen-bond donors (Lipinski definition) is 0. The van der Waals surface area contributed by atoms with Crippen LogP contribution in [-0.2, 0) is 16.4 Å². The molecule has 6 nitrogen and oxygen atoms in total. The summed E-state index contributed by atoms with van der Waals surface area (Å²) >= 11 is 0. The van der Waals surface area contributed by atoms with Crippen LogP contribution in [0.5, 0.6) is 0 Å². The summed E-state index contributed by atoms with van der Waals surface area (Å²) in [6.45, 7) is 0. The Balaban J connectivity index is 1.92. The number of non-ortho nitro benzene ring substituents is 1. The summed E-state index contributed by atoms with van der Waals surface area (Å²) in [5, 5.41) is 10.7. The van der Waals surface area contributed by atoms with Gasteiger partial charge in [-0.1, -0.05) is 24.3 Å². The van der Waals surface area contributed by atoms with Crippen LogP contribution in [-0.4, -0.2) is 24.7 Å². The fraction of sp³-hybridized carbons (Fsp3) is 0.250. The van der Waals surface area contributed by atoms with Crippen LogP contribution in [0.25, 0.3) is 0 Å². The van der Waals surface area contributed by atoms with Gasteiger partial charge in [0, 0.05) is 19.2 Å². The first kappa shape index (κ1) is 15.6. The summed E-state index contributed by atoms with van der Waals surface area (Å²) in [5.74, 6) is 0. The molecule has 1 aliphatic carbocycles. The third-order valence-electron chi connectivity index (χ3n) is 4.26. The molecule has 0 heterocycles. The maximum absolute atomic E-state index is 12.8. The molecule has 2 aromatic carbocycles. The molecule has 0 bridgehead atoms. The highest BCUT2D eigenvalue weighted by atomic mass is 32.2. The number of nitrogens with zero attached hydrogens (tertiary/aromatic N) is 2. The molecule has 1 aliphatic rings. The lowest BCUT2D eigenvalue weighted by Gasteiger charge is -2.24. The molecule has 3 rings (SSSR count). The quantitative estimate of drug-likeness (QED) is 0.637. The predicted octanol–water partition coefficient (Wildman–Crippen LogP) is 2.90. The van der Waals surface area contributed by atoms with E-state index in [-0.39, 0.29) is 16.6 Å². The van der Waals surface area contributed by atoms with E-state index in [0.717, 1.165) is 18.4 Å². The van der Waals surface area contributed by atoms with Crippen LogP contribution in [0.1, 0.15) is 23.6 Å². The molecule has 0 saturated carbocycles. The number of fused-ring (bicyclic) bond motifs is 1. The Morgan fingerprint density at radius 3 is 2.43 bits per heavy atom. The number of sulfonamides is 1. The van der Waals surface area contributed by atoms with Gasteiger partial charge in [-0.15, -0.1) is 0 Å². The largest absolute Gasteiger partial charge is 0.269 e. The van der Waals surface area contributed by atoms with Gasteiger partial charge in [0.05, 0.1) is 15.9 Å². The van der Waals surface area contributed by atoms with E-state index >= 15 is 0 Å². The maximum Gasteiger partial charge on any atom is 0.269 e. The van der Waals surface area contributed by atoms with Crippen LogP contribution in [0.2, 0.25) is 0 Å². The second-order valence-corrected chi connectivity index (χ2v) is 7.52. The molecule has 120 valence electrons. The zero-order valence-electron chi connectivity index (χ0n) is 12.5. The van der Waals surface area contributed by atoms with Gasteiger partial charge in [0.25, 0.3) is 5.69 Å². The van der Waals surface area contributed by atoms with Gasteiger partial charge in [-0.2, -0.15) is 4.31 Å². The summed E-state index contributed by atoms with van der Waals surface area (Å²) in [6, 6.07) is 12.6. The van der Waals surface area contributed by atoms with E-state index in [1.807, 2.05) is 24.3 Å². The van der Waals surface area contributed by atoms with E-state index in [1.54, 1.807) is 7.05 Å². The highest BCUT2D eigenvalue weighted by Crippen LogP contribution is 2.37. The average molecular weight is 332 g/mol. The molecule has 0 spiro atoms. The molecule has 0 aliphatic heterocycles. The Kier molecular flexibility index (Phi) is 3.91. The number of nitro groups is 1. The van der Waals surface area contributed by atoms with Gasteiger partial charge in [-0.05, 0) is 36.1 Å². The summed E-state index contributed by atoms with van der Waals surface area (Å²) in [6.07, 6.45) is 1.59. The van der Waals surface area contributed by atoms with Crippen LogP contribution in [0.15, 0.2) is 53.4 Å². The van der Waals surface area contributed by atoms with Gasteiger partial charge < -0.3 is 0 Å². The third-order valence-corrected chi connectivity index (χ3v) is 6.15. The zero-order valence-corrected chi connectivity index (χ0v) is 13.4. The van der Waals surface area contributed by atoms with Crippen molar-refractivity contribution >= 4 is 15.7 Å². The van der Waals surface area contributed by atoms with Crippen LogP contribution < -0.4 is 0 Å². The fourth-order valence-electron chi connectivity index (χ4n) is 2.99. The van der Waals surface area contributed by atoms with Gasteiger partial charge in [0.15, 0.2) is 0 Å². The number of nitro benzene ring substituents is 1. The number of aryl methyl sites for hydroxylation is 1. The van der Waals surface area contributed by atoms with E-state index in [2.05, 4.69) is 0 Å². The van der Waals surface area contributed by atoms with E-state index in [4.69, 9.17) is 0 Å². The Bertz CT molecular complexity index is 847. The summed E-state index contributed by atoms with van der Waals surface area (Å²) in [7, 11) is -2.14. The van der Waals surface area contributed by atoms with E-state index in [0.29, 0.717) is 0 Å². The zero-order chi connectivity index (χ0) is 16.6. The van der Waals surface area contributed by atoms with E-state index in [9.17, 15) is 18.5 Å². The second-order valence-electron chi connectivity index (χ2n) is 5.53. The molecular formula is C16H16N2O4S. The van der Waals surface area contributed by atoms with Crippen molar-refractivity contribution in [2.75, 3.05) is 7.05 Å². The highest BCUT2D eigenvalue weighted by molar-refractivity contribution is 7.89. The number of rotatable bonds is 4. The Morgan fingerprint density at radius 2 is 1.78 bits per heavy atom. The smallest absolute Gasteiger partial charge is 0.258 e. The van der Waals surface area contributed by atoms with Crippen molar-refractivity contribution in [2.24, 2.45) is 0 Å². The average Bonchev–Trinajstić information content (AvgIpc) is 2.98. The SMILES string of the molecule is CN(C1CCc2ccccc21)S(=O)(=O)c1ccc([N+](=O)[O-])cc1. The van der Waals surface area contributed by atoms with Gasteiger partial charge in [-0.25, -0.2) is 8.42 Å². The minimum atomic E-state index is -3.70. The van der Waals surface area contributed by atoms with Gasteiger partial charge in [0.2, 0.25) is 10.0 Å². The molecule has 7 heteroatoms. The first-order chi connectivity index (χ1) is 10.9. The standard InChI is InChI=1S/C16H16N2O4S/c1-17(16-11-6-12-4-2-3-5-15(12)16)23(21,22)14-9-7-13(8-10-14)18(19)20/h2-5,7-10,16H,6,11H2,1H3. The van der Waals surface area contributed by atoms with Gasteiger partial charge in [-0.3, -0.25) is 10.1 Å². The van der Waals surface area contributed by atoms with Crippen LogP contribution in [0.4, 0.5) is 5.69 Å². The second kappa shape index (κ2) is 5.75. The molecule has 0 aromatic heterocycles. The summed E-state index contributed by atoms with van der Waals surface area (Å²) in [5.41, 5.74) is 2.07.